The molecule has 96 valence electrons. The van der Waals surface area contributed by atoms with E-state index in [-0.39, 0.29) is 0 Å². The monoisotopic (exact) mass is 264 g/mol. The fourth-order valence-electron chi connectivity index (χ4n) is 1.58. The van der Waals surface area contributed by atoms with E-state index in [1.165, 1.54) is 11.3 Å². The lowest BCUT2D eigenvalue weighted by atomic mass is 10.3. The fraction of sp³-hybridized carbons (Fsp3) is 0.364. The Morgan fingerprint density at radius 3 is 2.78 bits per heavy atom. The van der Waals surface area contributed by atoms with E-state index >= 15 is 0 Å². The molecule has 0 amide bonds. The van der Waals surface area contributed by atoms with Crippen molar-refractivity contribution in [1.29, 1.82) is 0 Å². The van der Waals surface area contributed by atoms with Crippen LogP contribution in [0.1, 0.15) is 17.2 Å². The Bertz CT molecular complexity index is 524. The zero-order valence-electron chi connectivity index (χ0n) is 10.2. The number of nitrogens with two attached hydrogens (primary N) is 2. The van der Waals surface area contributed by atoms with E-state index in [9.17, 15) is 0 Å². The van der Waals surface area contributed by atoms with Gasteiger partial charge in [0.25, 0.3) is 0 Å². The topological polar surface area (TPSA) is 103 Å². The maximum Gasteiger partial charge on any atom is 0.180 e. The van der Waals surface area contributed by atoms with Gasteiger partial charge in [-0.3, -0.25) is 0 Å². The maximum absolute atomic E-state index is 5.58. The average molecular weight is 264 g/mol. The molecular formula is C11H16N6S. The number of hydrogen-bond donors (Lipinski definition) is 3. The molecule has 0 unspecified atom stereocenters. The molecule has 6 nitrogen and oxygen atoms in total. The summed E-state index contributed by atoms with van der Waals surface area (Å²) in [7, 11) is 0. The van der Waals surface area contributed by atoms with Crippen LogP contribution in [0.4, 0.5) is 10.9 Å². The van der Waals surface area contributed by atoms with E-state index in [4.69, 9.17) is 11.5 Å². The molecule has 18 heavy (non-hydrogen) atoms. The number of nitrogens with one attached hydrogen (secondary N) is 1. The lowest BCUT2D eigenvalue weighted by molar-refractivity contribution is 0.885. The van der Waals surface area contributed by atoms with Gasteiger partial charge in [-0.25, -0.2) is 15.0 Å². The molecule has 2 aromatic heterocycles. The van der Waals surface area contributed by atoms with Gasteiger partial charge in [0.05, 0.1) is 12.2 Å². The lowest BCUT2D eigenvalue weighted by Gasteiger charge is -2.07. The van der Waals surface area contributed by atoms with Crippen LogP contribution in [0, 0.1) is 6.92 Å². The zero-order valence-corrected chi connectivity index (χ0v) is 11.0. The SMILES string of the molecule is Cc1nc(CCN)cc(NCc2csc(N)n2)n1. The Kier molecular flexibility index (Phi) is 4.06. The Morgan fingerprint density at radius 1 is 1.28 bits per heavy atom. The summed E-state index contributed by atoms with van der Waals surface area (Å²) >= 11 is 1.43. The summed E-state index contributed by atoms with van der Waals surface area (Å²) in [5.41, 5.74) is 13.0. The molecule has 0 aliphatic heterocycles. The molecule has 7 heteroatoms. The number of rotatable bonds is 5. The molecule has 0 bridgehead atoms. The number of hydrogen-bond acceptors (Lipinski definition) is 7. The van der Waals surface area contributed by atoms with Gasteiger partial charge in [-0.15, -0.1) is 11.3 Å². The van der Waals surface area contributed by atoms with Crippen LogP contribution in [0.5, 0.6) is 0 Å². The van der Waals surface area contributed by atoms with Crippen molar-refractivity contribution in [2.24, 2.45) is 5.73 Å². The molecule has 5 N–H and O–H groups in total. The molecule has 0 atom stereocenters. The van der Waals surface area contributed by atoms with Gasteiger partial charge in [0.1, 0.15) is 11.6 Å². The largest absolute Gasteiger partial charge is 0.375 e. The quantitative estimate of drug-likeness (QED) is 0.742. The van der Waals surface area contributed by atoms with Gasteiger partial charge in [0.15, 0.2) is 5.13 Å². The summed E-state index contributed by atoms with van der Waals surface area (Å²) in [6.45, 7) is 3.05. The first-order chi connectivity index (χ1) is 8.67. The number of nitrogen functional groups attached to an aromatic ring is 1. The molecular weight excluding hydrogens is 248 g/mol. The first kappa shape index (κ1) is 12.7. The van der Waals surface area contributed by atoms with Gasteiger partial charge in [-0.1, -0.05) is 0 Å². The van der Waals surface area contributed by atoms with Crippen molar-refractivity contribution < 1.29 is 0 Å². The highest BCUT2D eigenvalue weighted by atomic mass is 32.1. The van der Waals surface area contributed by atoms with Gasteiger partial charge in [-0.05, 0) is 13.5 Å². The molecule has 0 radical (unpaired) electrons. The summed E-state index contributed by atoms with van der Waals surface area (Å²) in [6.07, 6.45) is 0.752. The third kappa shape index (κ3) is 3.38. The summed E-state index contributed by atoms with van der Waals surface area (Å²) in [5, 5.41) is 5.72. The average Bonchev–Trinajstić information content (AvgIpc) is 2.72. The summed E-state index contributed by atoms with van der Waals surface area (Å²) in [6, 6.07) is 1.91. The molecule has 0 fully saturated rings. The van der Waals surface area contributed by atoms with E-state index in [1.54, 1.807) is 0 Å². The molecule has 0 aromatic carbocycles. The number of aryl methyl sites for hydroxylation is 1. The highest BCUT2D eigenvalue weighted by Crippen LogP contribution is 2.13. The Balaban J connectivity index is 2.04. The molecule has 2 heterocycles. The van der Waals surface area contributed by atoms with E-state index in [1.807, 2.05) is 18.4 Å². The minimum atomic E-state index is 0.578. The van der Waals surface area contributed by atoms with Gasteiger partial charge in [0, 0.05) is 23.6 Å². The van der Waals surface area contributed by atoms with Crippen molar-refractivity contribution in [3.05, 3.63) is 28.7 Å². The predicted octanol–water partition coefficient (Wildman–Crippen LogP) is 0.937. The van der Waals surface area contributed by atoms with Crippen LogP contribution in [-0.2, 0) is 13.0 Å². The summed E-state index contributed by atoms with van der Waals surface area (Å²) in [5.74, 6) is 1.53. The van der Waals surface area contributed by atoms with Gasteiger partial charge < -0.3 is 16.8 Å². The van der Waals surface area contributed by atoms with E-state index < -0.39 is 0 Å². The predicted molar refractivity (Wildman–Crippen MR) is 73.4 cm³/mol. The summed E-state index contributed by atoms with van der Waals surface area (Å²) in [4.78, 5) is 12.8. The molecule has 2 aromatic rings. The standard InChI is InChI=1S/C11H16N6S/c1-7-15-8(2-3-12)4-10(16-7)14-5-9-6-18-11(13)17-9/h4,6H,2-3,5,12H2,1H3,(H2,13,17)(H,14,15,16). The molecule has 2 rings (SSSR count). The van der Waals surface area contributed by atoms with Crippen LogP contribution in [0.15, 0.2) is 11.4 Å². The van der Waals surface area contributed by atoms with E-state index in [0.717, 1.165) is 29.5 Å². The second-order valence-electron chi connectivity index (χ2n) is 3.86. The van der Waals surface area contributed by atoms with Crippen molar-refractivity contribution in [2.75, 3.05) is 17.6 Å². The molecule has 0 aliphatic rings. The Hall–Kier alpha value is -1.73. The Labute approximate surface area is 109 Å². The van der Waals surface area contributed by atoms with Crippen LogP contribution in [0.25, 0.3) is 0 Å². The van der Waals surface area contributed by atoms with Crippen LogP contribution < -0.4 is 16.8 Å². The van der Waals surface area contributed by atoms with E-state index in [0.29, 0.717) is 18.2 Å². The maximum atomic E-state index is 5.58. The van der Waals surface area contributed by atoms with E-state index in [2.05, 4.69) is 20.3 Å². The first-order valence-electron chi connectivity index (χ1n) is 5.66. The summed E-state index contributed by atoms with van der Waals surface area (Å²) < 4.78 is 0. The number of thiazole rings is 1. The first-order valence-corrected chi connectivity index (χ1v) is 6.53. The Morgan fingerprint density at radius 2 is 2.11 bits per heavy atom. The third-order valence-corrected chi connectivity index (χ3v) is 3.03. The lowest BCUT2D eigenvalue weighted by Crippen LogP contribution is -2.08. The van der Waals surface area contributed by atoms with Gasteiger partial charge in [-0.2, -0.15) is 0 Å². The van der Waals surface area contributed by atoms with Crippen LogP contribution in [0.2, 0.25) is 0 Å². The molecule has 0 saturated heterocycles. The second-order valence-corrected chi connectivity index (χ2v) is 4.75. The smallest absolute Gasteiger partial charge is 0.180 e. The van der Waals surface area contributed by atoms with Crippen LogP contribution in [0.3, 0.4) is 0 Å². The molecule has 0 aliphatic carbocycles. The highest BCUT2D eigenvalue weighted by molar-refractivity contribution is 7.13. The van der Waals surface area contributed by atoms with Crippen molar-refractivity contribution in [3.8, 4) is 0 Å². The second kappa shape index (κ2) is 5.74. The number of aromatic nitrogens is 3. The fourth-order valence-corrected chi connectivity index (χ4v) is 2.14. The number of nitrogens with zero attached hydrogens (tertiary/aromatic N) is 3. The van der Waals surface area contributed by atoms with Gasteiger partial charge in [0.2, 0.25) is 0 Å². The number of anilines is 2. The van der Waals surface area contributed by atoms with Gasteiger partial charge >= 0.3 is 0 Å². The van der Waals surface area contributed by atoms with Crippen LogP contribution in [-0.4, -0.2) is 21.5 Å². The van der Waals surface area contributed by atoms with Crippen molar-refractivity contribution in [3.63, 3.8) is 0 Å². The van der Waals surface area contributed by atoms with Crippen molar-refractivity contribution >= 4 is 22.3 Å². The highest BCUT2D eigenvalue weighted by Gasteiger charge is 2.03. The van der Waals surface area contributed by atoms with Crippen molar-refractivity contribution in [2.45, 2.75) is 19.9 Å². The third-order valence-electron chi connectivity index (χ3n) is 2.31. The molecule has 0 spiro atoms. The van der Waals surface area contributed by atoms with Crippen molar-refractivity contribution in [1.82, 2.24) is 15.0 Å². The van der Waals surface area contributed by atoms with Crippen LogP contribution >= 0.6 is 11.3 Å². The minimum absolute atomic E-state index is 0.578. The minimum Gasteiger partial charge on any atom is -0.375 e. The normalized spacial score (nSPS) is 10.6. The zero-order chi connectivity index (χ0) is 13.0. The molecule has 0 saturated carbocycles.